The van der Waals surface area contributed by atoms with Gasteiger partial charge in [0.2, 0.25) is 0 Å². The molecule has 1 amide bonds. The predicted molar refractivity (Wildman–Crippen MR) is 119 cm³/mol. The molecule has 2 aromatic heterocycles. The fourth-order valence-electron chi connectivity index (χ4n) is 3.05. The molecule has 9 heteroatoms. The van der Waals surface area contributed by atoms with E-state index in [4.69, 9.17) is 11.6 Å². The summed E-state index contributed by atoms with van der Waals surface area (Å²) in [4.78, 5) is 22.8. The number of halogens is 3. The summed E-state index contributed by atoms with van der Waals surface area (Å²) >= 11 is 7.23. The van der Waals surface area contributed by atoms with Crippen LogP contribution in [-0.2, 0) is 11.3 Å². The van der Waals surface area contributed by atoms with Crippen LogP contribution in [0.15, 0.2) is 61.2 Å². The number of amides is 1. The standard InChI is InChI=1S/C22H17ClF2N4OS/c23-17-5-2-1-4-15(17)6-7-20(30)29(10-3-9-28-11-8-26-14-28)22-27-21-18(25)12-16(24)13-19(21)31-22/h1-2,4-8,11-14H,3,9-10H2/b7-6+. The Morgan fingerprint density at radius 1 is 1.26 bits per heavy atom. The second kappa shape index (κ2) is 9.36. The number of imidazole rings is 1. The van der Waals surface area contributed by atoms with Gasteiger partial charge in [-0.15, -0.1) is 0 Å². The molecule has 4 rings (SSSR count). The zero-order valence-electron chi connectivity index (χ0n) is 16.2. The van der Waals surface area contributed by atoms with E-state index in [0.29, 0.717) is 39.9 Å². The van der Waals surface area contributed by atoms with Gasteiger partial charge in [-0.25, -0.2) is 18.7 Å². The lowest BCUT2D eigenvalue weighted by Gasteiger charge is -2.18. The summed E-state index contributed by atoms with van der Waals surface area (Å²) < 4.78 is 30.0. The molecule has 2 aromatic carbocycles. The van der Waals surface area contributed by atoms with Gasteiger partial charge < -0.3 is 4.57 Å². The largest absolute Gasteiger partial charge is 0.337 e. The van der Waals surface area contributed by atoms with Crippen LogP contribution in [0.2, 0.25) is 5.02 Å². The molecule has 0 saturated carbocycles. The summed E-state index contributed by atoms with van der Waals surface area (Å²) in [5, 5.41) is 0.828. The first-order chi connectivity index (χ1) is 15.0. The Balaban J connectivity index is 1.61. The summed E-state index contributed by atoms with van der Waals surface area (Å²) in [6.45, 7) is 0.986. The summed E-state index contributed by atoms with van der Waals surface area (Å²) in [6, 6.07) is 9.16. The van der Waals surface area contributed by atoms with E-state index in [-0.39, 0.29) is 11.4 Å². The molecule has 0 atom stereocenters. The highest BCUT2D eigenvalue weighted by molar-refractivity contribution is 7.22. The van der Waals surface area contributed by atoms with Crippen molar-refractivity contribution in [2.24, 2.45) is 0 Å². The van der Waals surface area contributed by atoms with Crippen molar-refractivity contribution < 1.29 is 13.6 Å². The number of carbonyl (C=O) groups is 1. The second-order valence-corrected chi connectivity index (χ2v) is 8.15. The Hall–Kier alpha value is -3.10. The van der Waals surface area contributed by atoms with Gasteiger partial charge in [0, 0.05) is 42.6 Å². The molecule has 0 fully saturated rings. The maximum absolute atomic E-state index is 14.1. The highest BCUT2D eigenvalue weighted by atomic mass is 35.5. The topological polar surface area (TPSA) is 51.0 Å². The van der Waals surface area contributed by atoms with Crippen LogP contribution in [0, 0.1) is 11.6 Å². The smallest absolute Gasteiger partial charge is 0.252 e. The molecule has 0 bridgehead atoms. The van der Waals surface area contributed by atoms with E-state index in [1.54, 1.807) is 36.8 Å². The minimum Gasteiger partial charge on any atom is -0.337 e. The van der Waals surface area contributed by atoms with Gasteiger partial charge in [-0.05, 0) is 30.2 Å². The molecule has 31 heavy (non-hydrogen) atoms. The third-order valence-corrected chi connectivity index (χ3v) is 5.94. The maximum atomic E-state index is 14.1. The van der Waals surface area contributed by atoms with Crippen LogP contribution in [0.3, 0.4) is 0 Å². The number of rotatable bonds is 7. The number of fused-ring (bicyclic) bond motifs is 1. The minimum atomic E-state index is -0.755. The average molecular weight is 459 g/mol. The molecule has 0 N–H and O–H groups in total. The monoisotopic (exact) mass is 458 g/mol. The number of anilines is 1. The molecule has 4 aromatic rings. The molecule has 0 saturated heterocycles. The van der Waals surface area contributed by atoms with Crippen molar-refractivity contribution in [1.82, 2.24) is 14.5 Å². The number of aromatic nitrogens is 3. The Kier molecular flexibility index (Phi) is 6.39. The van der Waals surface area contributed by atoms with Crippen molar-refractivity contribution in [3.8, 4) is 0 Å². The third-order valence-electron chi connectivity index (χ3n) is 4.57. The van der Waals surface area contributed by atoms with E-state index in [1.165, 1.54) is 17.0 Å². The lowest BCUT2D eigenvalue weighted by Crippen LogP contribution is -2.30. The normalized spacial score (nSPS) is 11.5. The lowest BCUT2D eigenvalue weighted by atomic mass is 10.2. The molecule has 5 nitrogen and oxygen atoms in total. The van der Waals surface area contributed by atoms with Crippen LogP contribution >= 0.6 is 22.9 Å². The van der Waals surface area contributed by atoms with Gasteiger partial charge in [-0.3, -0.25) is 9.69 Å². The zero-order chi connectivity index (χ0) is 21.8. The molecular formula is C22H17ClF2N4OS. The summed E-state index contributed by atoms with van der Waals surface area (Å²) in [7, 11) is 0. The molecule has 0 aliphatic rings. The molecule has 0 aliphatic carbocycles. The highest BCUT2D eigenvalue weighted by Crippen LogP contribution is 2.31. The van der Waals surface area contributed by atoms with E-state index in [9.17, 15) is 13.6 Å². The Morgan fingerprint density at radius 2 is 2.10 bits per heavy atom. The van der Waals surface area contributed by atoms with Crippen LogP contribution in [0.1, 0.15) is 12.0 Å². The van der Waals surface area contributed by atoms with Gasteiger partial charge >= 0.3 is 0 Å². The molecule has 0 aliphatic heterocycles. The van der Waals surface area contributed by atoms with E-state index >= 15 is 0 Å². The first-order valence-electron chi connectivity index (χ1n) is 9.47. The van der Waals surface area contributed by atoms with E-state index in [2.05, 4.69) is 9.97 Å². The number of aryl methyl sites for hydroxylation is 1. The van der Waals surface area contributed by atoms with Crippen molar-refractivity contribution in [3.63, 3.8) is 0 Å². The number of nitrogens with zero attached hydrogens (tertiary/aromatic N) is 4. The first-order valence-corrected chi connectivity index (χ1v) is 10.7. The fourth-order valence-corrected chi connectivity index (χ4v) is 4.29. The first kappa shape index (κ1) is 21.1. The average Bonchev–Trinajstić information content (AvgIpc) is 3.40. The van der Waals surface area contributed by atoms with Gasteiger partial charge in [0.15, 0.2) is 10.9 Å². The Labute approximate surface area is 186 Å². The number of thiazole rings is 1. The zero-order valence-corrected chi connectivity index (χ0v) is 17.8. The predicted octanol–water partition coefficient (Wildman–Crippen LogP) is 5.56. The van der Waals surface area contributed by atoms with Gasteiger partial charge in [0.25, 0.3) is 5.91 Å². The summed E-state index contributed by atoms with van der Waals surface area (Å²) in [6.07, 6.45) is 8.86. The number of carbonyl (C=O) groups excluding carboxylic acids is 1. The third kappa shape index (κ3) is 4.98. The SMILES string of the molecule is O=C(/C=C/c1ccccc1Cl)N(CCCn1ccnc1)c1nc2c(F)cc(F)cc2s1. The van der Waals surface area contributed by atoms with Crippen molar-refractivity contribution >= 4 is 50.3 Å². The number of hydrogen-bond donors (Lipinski definition) is 0. The molecule has 2 heterocycles. The maximum Gasteiger partial charge on any atom is 0.252 e. The number of benzene rings is 2. The van der Waals surface area contributed by atoms with Crippen LogP contribution in [0.25, 0.3) is 16.3 Å². The van der Waals surface area contributed by atoms with E-state index in [0.717, 1.165) is 17.4 Å². The molecule has 0 spiro atoms. The van der Waals surface area contributed by atoms with Crippen LogP contribution in [-0.4, -0.2) is 27.0 Å². The van der Waals surface area contributed by atoms with E-state index < -0.39 is 11.6 Å². The van der Waals surface area contributed by atoms with Crippen LogP contribution < -0.4 is 4.90 Å². The van der Waals surface area contributed by atoms with Gasteiger partial charge in [0.05, 0.1) is 11.0 Å². The van der Waals surface area contributed by atoms with Gasteiger partial charge in [-0.2, -0.15) is 0 Å². The number of hydrogen-bond acceptors (Lipinski definition) is 4. The van der Waals surface area contributed by atoms with Gasteiger partial charge in [0.1, 0.15) is 11.3 Å². The molecule has 158 valence electrons. The molecule has 0 radical (unpaired) electrons. The Bertz CT molecular complexity index is 1240. The lowest BCUT2D eigenvalue weighted by molar-refractivity contribution is -0.114. The highest BCUT2D eigenvalue weighted by Gasteiger charge is 2.20. The van der Waals surface area contributed by atoms with Crippen molar-refractivity contribution in [3.05, 3.63) is 83.4 Å². The van der Waals surface area contributed by atoms with E-state index in [1.807, 2.05) is 16.8 Å². The molecular weight excluding hydrogens is 442 g/mol. The van der Waals surface area contributed by atoms with Crippen LogP contribution in [0.4, 0.5) is 13.9 Å². The fraction of sp³-hybridized carbons (Fsp3) is 0.136. The van der Waals surface area contributed by atoms with Crippen molar-refractivity contribution in [1.29, 1.82) is 0 Å². The second-order valence-electron chi connectivity index (χ2n) is 6.73. The summed E-state index contributed by atoms with van der Waals surface area (Å²) in [5.74, 6) is -1.77. The minimum absolute atomic E-state index is 0.0453. The molecule has 0 unspecified atom stereocenters. The van der Waals surface area contributed by atoms with Crippen molar-refractivity contribution in [2.45, 2.75) is 13.0 Å². The quantitative estimate of drug-likeness (QED) is 0.341. The van der Waals surface area contributed by atoms with Crippen LogP contribution in [0.5, 0.6) is 0 Å². The summed E-state index contributed by atoms with van der Waals surface area (Å²) in [5.41, 5.74) is 0.747. The Morgan fingerprint density at radius 3 is 2.87 bits per heavy atom. The van der Waals surface area contributed by atoms with Crippen molar-refractivity contribution in [2.75, 3.05) is 11.4 Å². The van der Waals surface area contributed by atoms with Gasteiger partial charge in [-0.1, -0.05) is 41.1 Å².